The maximum absolute atomic E-state index is 6.66. The minimum atomic E-state index is -0.161. The summed E-state index contributed by atoms with van der Waals surface area (Å²) in [5.74, 6) is 0. The van der Waals surface area contributed by atoms with Crippen LogP contribution in [0.25, 0.3) is 0 Å². The van der Waals surface area contributed by atoms with Gasteiger partial charge < -0.3 is 9.57 Å². The molecule has 1 fully saturated rings. The summed E-state index contributed by atoms with van der Waals surface area (Å²) in [6, 6.07) is 19.2. The van der Waals surface area contributed by atoms with Crippen LogP contribution in [-0.2, 0) is 15.2 Å². The summed E-state index contributed by atoms with van der Waals surface area (Å²) in [5, 5.41) is 2.02. The highest BCUT2D eigenvalue weighted by atomic mass is 16.7. The van der Waals surface area contributed by atoms with Gasteiger partial charge >= 0.3 is 0 Å². The number of nitrogens with zero attached hydrogens (tertiary/aromatic N) is 1. The van der Waals surface area contributed by atoms with E-state index in [2.05, 4.69) is 54.6 Å². The predicted octanol–water partition coefficient (Wildman–Crippen LogP) is 3.66. The SMILES string of the molecule is CON1CCC2(CC1)OC(c1ccccc1)c1ccccc12. The third-order valence-electron chi connectivity index (χ3n) is 4.97. The Hall–Kier alpha value is -1.68. The van der Waals surface area contributed by atoms with Crippen molar-refractivity contribution in [2.45, 2.75) is 24.5 Å². The average Bonchev–Trinajstić information content (AvgIpc) is 2.91. The molecule has 4 rings (SSSR count). The molecule has 0 radical (unpaired) electrons. The van der Waals surface area contributed by atoms with E-state index < -0.39 is 0 Å². The van der Waals surface area contributed by atoms with E-state index in [4.69, 9.17) is 9.57 Å². The molecular formula is C19H21NO2. The van der Waals surface area contributed by atoms with Crippen molar-refractivity contribution in [3.05, 3.63) is 71.3 Å². The summed E-state index contributed by atoms with van der Waals surface area (Å²) < 4.78 is 6.66. The zero-order valence-corrected chi connectivity index (χ0v) is 12.9. The highest BCUT2D eigenvalue weighted by molar-refractivity contribution is 5.43. The number of hydrogen-bond acceptors (Lipinski definition) is 3. The summed E-state index contributed by atoms with van der Waals surface area (Å²) in [6.07, 6.45) is 1.99. The first kappa shape index (κ1) is 13.9. The van der Waals surface area contributed by atoms with Crippen molar-refractivity contribution >= 4 is 0 Å². The zero-order valence-electron chi connectivity index (χ0n) is 12.9. The molecule has 0 bridgehead atoms. The van der Waals surface area contributed by atoms with Crippen LogP contribution in [0.3, 0.4) is 0 Å². The number of rotatable bonds is 2. The number of hydrogen-bond donors (Lipinski definition) is 0. The Balaban J connectivity index is 1.72. The van der Waals surface area contributed by atoms with Crippen LogP contribution >= 0.6 is 0 Å². The van der Waals surface area contributed by atoms with Gasteiger partial charge in [0.05, 0.1) is 12.7 Å². The molecule has 114 valence electrons. The predicted molar refractivity (Wildman–Crippen MR) is 85.3 cm³/mol. The van der Waals surface area contributed by atoms with E-state index in [1.165, 1.54) is 16.7 Å². The Labute approximate surface area is 131 Å². The average molecular weight is 295 g/mol. The van der Waals surface area contributed by atoms with E-state index in [0.29, 0.717) is 0 Å². The number of ether oxygens (including phenoxy) is 1. The van der Waals surface area contributed by atoms with Gasteiger partial charge in [0.2, 0.25) is 0 Å². The van der Waals surface area contributed by atoms with Gasteiger partial charge in [-0.15, -0.1) is 0 Å². The van der Waals surface area contributed by atoms with Crippen molar-refractivity contribution in [2.75, 3.05) is 20.2 Å². The molecule has 0 amide bonds. The Morgan fingerprint density at radius 2 is 1.68 bits per heavy atom. The summed E-state index contributed by atoms with van der Waals surface area (Å²) in [5.41, 5.74) is 3.76. The molecule has 3 heteroatoms. The molecule has 2 aliphatic heterocycles. The second-order valence-corrected chi connectivity index (χ2v) is 6.10. The van der Waals surface area contributed by atoms with Crippen molar-refractivity contribution in [3.8, 4) is 0 Å². The third kappa shape index (κ3) is 2.17. The molecule has 3 nitrogen and oxygen atoms in total. The van der Waals surface area contributed by atoms with Crippen molar-refractivity contribution in [3.63, 3.8) is 0 Å². The zero-order chi connectivity index (χ0) is 15.0. The van der Waals surface area contributed by atoms with Crippen LogP contribution in [0.4, 0.5) is 0 Å². The molecule has 2 aromatic carbocycles. The Kier molecular flexibility index (Phi) is 3.49. The molecule has 1 unspecified atom stereocenters. The lowest BCUT2D eigenvalue weighted by Crippen LogP contribution is -2.42. The van der Waals surface area contributed by atoms with Gasteiger partial charge in [-0.2, -0.15) is 5.06 Å². The molecule has 0 aliphatic carbocycles. The fourth-order valence-corrected chi connectivity index (χ4v) is 3.79. The van der Waals surface area contributed by atoms with Gasteiger partial charge in [0.1, 0.15) is 6.10 Å². The Morgan fingerprint density at radius 1 is 1.00 bits per heavy atom. The molecule has 1 spiro atoms. The fourth-order valence-electron chi connectivity index (χ4n) is 3.79. The molecular weight excluding hydrogens is 274 g/mol. The second kappa shape index (κ2) is 5.51. The van der Waals surface area contributed by atoms with E-state index >= 15 is 0 Å². The minimum Gasteiger partial charge on any atom is -0.358 e. The normalized spacial score (nSPS) is 23.6. The van der Waals surface area contributed by atoms with Crippen molar-refractivity contribution in [1.29, 1.82) is 0 Å². The smallest absolute Gasteiger partial charge is 0.109 e. The first-order chi connectivity index (χ1) is 10.8. The van der Waals surface area contributed by atoms with E-state index in [-0.39, 0.29) is 11.7 Å². The number of fused-ring (bicyclic) bond motifs is 2. The van der Waals surface area contributed by atoms with Crippen LogP contribution in [0.2, 0.25) is 0 Å². The number of piperidine rings is 1. The monoisotopic (exact) mass is 295 g/mol. The van der Waals surface area contributed by atoms with E-state index in [1.54, 1.807) is 7.11 Å². The number of hydroxylamine groups is 2. The molecule has 2 heterocycles. The molecule has 2 aromatic rings. The Bertz CT molecular complexity index is 647. The maximum Gasteiger partial charge on any atom is 0.109 e. The van der Waals surface area contributed by atoms with Gasteiger partial charge in [-0.25, -0.2) is 0 Å². The van der Waals surface area contributed by atoms with Gasteiger partial charge in [0.25, 0.3) is 0 Å². The van der Waals surface area contributed by atoms with Gasteiger partial charge in [-0.3, -0.25) is 0 Å². The maximum atomic E-state index is 6.66. The largest absolute Gasteiger partial charge is 0.358 e. The van der Waals surface area contributed by atoms with Crippen LogP contribution in [0.15, 0.2) is 54.6 Å². The minimum absolute atomic E-state index is 0.0477. The molecule has 22 heavy (non-hydrogen) atoms. The molecule has 0 N–H and O–H groups in total. The van der Waals surface area contributed by atoms with Gasteiger partial charge in [-0.05, 0) is 29.5 Å². The molecule has 2 aliphatic rings. The standard InChI is InChI=1S/C19H21NO2/c1-21-20-13-11-19(12-14-20)17-10-6-5-9-16(17)18(22-19)15-7-3-2-4-8-15/h2-10,18H,11-14H2,1H3. The molecule has 1 atom stereocenters. The van der Waals surface area contributed by atoms with Gasteiger partial charge in [-0.1, -0.05) is 54.6 Å². The van der Waals surface area contributed by atoms with E-state index in [0.717, 1.165) is 25.9 Å². The first-order valence-electron chi connectivity index (χ1n) is 7.94. The van der Waals surface area contributed by atoms with Crippen LogP contribution < -0.4 is 0 Å². The molecule has 1 saturated heterocycles. The quantitative estimate of drug-likeness (QED) is 0.844. The lowest BCUT2D eigenvalue weighted by molar-refractivity contribution is -0.189. The van der Waals surface area contributed by atoms with Crippen LogP contribution in [-0.4, -0.2) is 25.3 Å². The van der Waals surface area contributed by atoms with Gasteiger partial charge in [0, 0.05) is 13.1 Å². The molecule has 0 saturated carbocycles. The summed E-state index contributed by atoms with van der Waals surface area (Å²) in [7, 11) is 1.74. The van der Waals surface area contributed by atoms with Gasteiger partial charge in [0.15, 0.2) is 0 Å². The topological polar surface area (TPSA) is 21.7 Å². The lowest BCUT2D eigenvalue weighted by Gasteiger charge is -2.38. The van der Waals surface area contributed by atoms with Crippen LogP contribution in [0.5, 0.6) is 0 Å². The fraction of sp³-hybridized carbons (Fsp3) is 0.368. The summed E-state index contributed by atoms with van der Waals surface area (Å²) >= 11 is 0. The highest BCUT2D eigenvalue weighted by Crippen LogP contribution is 2.51. The third-order valence-corrected chi connectivity index (χ3v) is 4.97. The van der Waals surface area contributed by atoms with Crippen LogP contribution in [0.1, 0.15) is 35.6 Å². The summed E-state index contributed by atoms with van der Waals surface area (Å²) in [4.78, 5) is 5.37. The first-order valence-corrected chi connectivity index (χ1v) is 7.94. The van der Waals surface area contributed by atoms with E-state index in [9.17, 15) is 0 Å². The second-order valence-electron chi connectivity index (χ2n) is 6.10. The van der Waals surface area contributed by atoms with Crippen molar-refractivity contribution in [1.82, 2.24) is 5.06 Å². The van der Waals surface area contributed by atoms with Crippen LogP contribution in [0, 0.1) is 0 Å². The molecule has 0 aromatic heterocycles. The van der Waals surface area contributed by atoms with E-state index in [1.807, 2.05) is 5.06 Å². The number of benzene rings is 2. The van der Waals surface area contributed by atoms with Crippen molar-refractivity contribution in [2.24, 2.45) is 0 Å². The highest BCUT2D eigenvalue weighted by Gasteiger charge is 2.46. The lowest BCUT2D eigenvalue weighted by atomic mass is 9.83. The summed E-state index contributed by atoms with van der Waals surface area (Å²) in [6.45, 7) is 1.82. The van der Waals surface area contributed by atoms with Crippen molar-refractivity contribution < 1.29 is 9.57 Å². The Morgan fingerprint density at radius 3 is 2.41 bits per heavy atom.